The highest BCUT2D eigenvalue weighted by Crippen LogP contribution is 2.32. The largest absolute Gasteiger partial charge is 0.469 e. The van der Waals surface area contributed by atoms with Crippen molar-refractivity contribution in [2.45, 2.75) is 18.9 Å². The van der Waals surface area contributed by atoms with Crippen LogP contribution < -0.4 is 0 Å². The molecule has 1 aliphatic rings. The Morgan fingerprint density at radius 1 is 1.23 bits per heavy atom. The molecule has 3 rings (SSSR count). The Labute approximate surface area is 128 Å². The maximum Gasteiger partial charge on any atom is 0.314 e. The predicted molar refractivity (Wildman–Crippen MR) is 81.6 cm³/mol. The van der Waals surface area contributed by atoms with Crippen molar-refractivity contribution in [3.05, 3.63) is 58.9 Å². The zero-order chi connectivity index (χ0) is 15.7. The topological polar surface area (TPSA) is 48.3 Å². The Morgan fingerprint density at radius 2 is 1.95 bits per heavy atom. The number of fused-ring (bicyclic) bond motifs is 1. The molecule has 1 aliphatic heterocycles. The Bertz CT molecular complexity index is 778. The first-order valence-corrected chi connectivity index (χ1v) is 7.04. The first-order chi connectivity index (χ1) is 10.7. The second kappa shape index (κ2) is 5.53. The summed E-state index contributed by atoms with van der Waals surface area (Å²) < 4.78 is 6.72. The Balaban J connectivity index is 1.92. The standard InChI is InChI=1S/C18H15NO3/c1-3-12-4-6-13(7-5-12)17(20)16-9-8-15-14(18(21)22-2)10-11-19(15)16/h1,4-9,14H,10-11H2,2H3. The van der Waals surface area contributed by atoms with Gasteiger partial charge in [-0.3, -0.25) is 9.59 Å². The summed E-state index contributed by atoms with van der Waals surface area (Å²) in [7, 11) is 1.38. The van der Waals surface area contributed by atoms with Gasteiger partial charge in [-0.2, -0.15) is 0 Å². The minimum atomic E-state index is -0.282. The van der Waals surface area contributed by atoms with Gasteiger partial charge in [0.1, 0.15) is 0 Å². The molecule has 4 nitrogen and oxygen atoms in total. The summed E-state index contributed by atoms with van der Waals surface area (Å²) in [5.41, 5.74) is 2.76. The molecule has 1 aromatic carbocycles. The van der Waals surface area contributed by atoms with E-state index in [4.69, 9.17) is 11.2 Å². The highest BCUT2D eigenvalue weighted by molar-refractivity contribution is 6.08. The molecule has 0 spiro atoms. The number of hydrogen-bond acceptors (Lipinski definition) is 3. The molecule has 0 N–H and O–H groups in total. The molecular formula is C18H15NO3. The monoisotopic (exact) mass is 293 g/mol. The van der Waals surface area contributed by atoms with Crippen molar-refractivity contribution in [2.75, 3.05) is 7.11 Å². The number of esters is 1. The van der Waals surface area contributed by atoms with Crippen molar-refractivity contribution >= 4 is 11.8 Å². The van der Waals surface area contributed by atoms with Gasteiger partial charge in [-0.25, -0.2) is 0 Å². The molecule has 2 aromatic rings. The van der Waals surface area contributed by atoms with Crippen LogP contribution in [0, 0.1) is 12.3 Å². The van der Waals surface area contributed by atoms with E-state index in [-0.39, 0.29) is 17.7 Å². The summed E-state index contributed by atoms with van der Waals surface area (Å²) in [4.78, 5) is 24.4. The molecule has 0 amide bonds. The highest BCUT2D eigenvalue weighted by atomic mass is 16.5. The van der Waals surface area contributed by atoms with Gasteiger partial charge in [-0.15, -0.1) is 6.42 Å². The van der Waals surface area contributed by atoms with Crippen LogP contribution in [-0.4, -0.2) is 23.4 Å². The van der Waals surface area contributed by atoms with Crippen LogP contribution in [0.15, 0.2) is 36.4 Å². The molecule has 0 radical (unpaired) electrons. The van der Waals surface area contributed by atoms with E-state index in [0.717, 1.165) is 11.3 Å². The number of terminal acetylenes is 1. The van der Waals surface area contributed by atoms with Crippen molar-refractivity contribution in [3.8, 4) is 12.3 Å². The summed E-state index contributed by atoms with van der Waals surface area (Å²) in [6.07, 6.45) is 5.98. The number of methoxy groups -OCH3 is 1. The van der Waals surface area contributed by atoms with Crippen LogP contribution in [0.3, 0.4) is 0 Å². The number of hydrogen-bond donors (Lipinski definition) is 0. The van der Waals surface area contributed by atoms with Gasteiger partial charge >= 0.3 is 5.97 Å². The predicted octanol–water partition coefficient (Wildman–Crippen LogP) is 2.36. The van der Waals surface area contributed by atoms with E-state index in [2.05, 4.69) is 5.92 Å². The molecule has 110 valence electrons. The van der Waals surface area contributed by atoms with Gasteiger partial charge in [0.25, 0.3) is 0 Å². The highest BCUT2D eigenvalue weighted by Gasteiger charge is 2.32. The van der Waals surface area contributed by atoms with E-state index in [1.54, 1.807) is 30.3 Å². The summed E-state index contributed by atoms with van der Waals surface area (Å²) in [6, 6.07) is 10.5. The van der Waals surface area contributed by atoms with Crippen molar-refractivity contribution < 1.29 is 14.3 Å². The fraction of sp³-hybridized carbons (Fsp3) is 0.222. The number of carbonyl (C=O) groups is 2. The van der Waals surface area contributed by atoms with Crippen LogP contribution in [0.1, 0.15) is 39.6 Å². The molecule has 0 bridgehead atoms. The van der Waals surface area contributed by atoms with Crippen LogP contribution in [0.5, 0.6) is 0 Å². The first kappa shape index (κ1) is 14.2. The second-order valence-corrected chi connectivity index (χ2v) is 5.21. The third-order valence-corrected chi connectivity index (χ3v) is 4.04. The van der Waals surface area contributed by atoms with Crippen LogP contribution in [0.4, 0.5) is 0 Å². The third kappa shape index (κ3) is 2.21. The molecule has 0 aliphatic carbocycles. The maximum atomic E-state index is 12.6. The van der Waals surface area contributed by atoms with Crippen LogP contribution in [-0.2, 0) is 16.1 Å². The minimum absolute atomic E-state index is 0.0691. The normalized spacial score (nSPS) is 15.9. The molecule has 1 unspecified atom stereocenters. The lowest BCUT2D eigenvalue weighted by Crippen LogP contribution is -2.11. The number of aromatic nitrogens is 1. The summed E-state index contributed by atoms with van der Waals surface area (Å²) in [5.74, 6) is 1.92. The van der Waals surface area contributed by atoms with Gasteiger partial charge in [0.15, 0.2) is 0 Å². The van der Waals surface area contributed by atoms with E-state index in [1.807, 2.05) is 10.6 Å². The van der Waals surface area contributed by atoms with Crippen LogP contribution in [0.2, 0.25) is 0 Å². The molecule has 0 saturated carbocycles. The fourth-order valence-corrected chi connectivity index (χ4v) is 2.89. The van der Waals surface area contributed by atoms with Gasteiger partial charge in [-0.05, 0) is 42.8 Å². The number of ketones is 1. The van der Waals surface area contributed by atoms with Crippen molar-refractivity contribution in [2.24, 2.45) is 0 Å². The molecule has 1 aromatic heterocycles. The Morgan fingerprint density at radius 3 is 2.59 bits per heavy atom. The van der Waals surface area contributed by atoms with Crippen molar-refractivity contribution in [1.82, 2.24) is 4.57 Å². The molecule has 1 atom stereocenters. The Hall–Kier alpha value is -2.80. The van der Waals surface area contributed by atoms with Gasteiger partial charge in [0.05, 0.1) is 18.7 Å². The number of benzene rings is 1. The molecule has 0 saturated heterocycles. The lowest BCUT2D eigenvalue weighted by Gasteiger charge is -2.07. The van der Waals surface area contributed by atoms with Gasteiger partial charge < -0.3 is 9.30 Å². The SMILES string of the molecule is C#Cc1ccc(C(=O)c2ccc3n2CCC3C(=O)OC)cc1. The van der Waals surface area contributed by atoms with E-state index < -0.39 is 0 Å². The Kier molecular flexibility index (Phi) is 3.56. The quantitative estimate of drug-likeness (QED) is 0.496. The average Bonchev–Trinajstić information content (AvgIpc) is 3.15. The molecule has 2 heterocycles. The molecule has 22 heavy (non-hydrogen) atoms. The zero-order valence-corrected chi connectivity index (χ0v) is 12.2. The lowest BCUT2D eigenvalue weighted by molar-refractivity contribution is -0.142. The second-order valence-electron chi connectivity index (χ2n) is 5.21. The fourth-order valence-electron chi connectivity index (χ4n) is 2.89. The number of ether oxygens (including phenoxy) is 1. The van der Waals surface area contributed by atoms with Gasteiger partial charge in [0, 0.05) is 23.4 Å². The number of nitrogens with zero attached hydrogens (tertiary/aromatic N) is 1. The summed E-state index contributed by atoms with van der Waals surface area (Å²) in [6.45, 7) is 0.644. The third-order valence-electron chi connectivity index (χ3n) is 4.04. The van der Waals surface area contributed by atoms with Crippen molar-refractivity contribution in [1.29, 1.82) is 0 Å². The van der Waals surface area contributed by atoms with Crippen molar-refractivity contribution in [3.63, 3.8) is 0 Å². The smallest absolute Gasteiger partial charge is 0.314 e. The maximum absolute atomic E-state index is 12.6. The van der Waals surface area contributed by atoms with Gasteiger partial charge in [-0.1, -0.05) is 5.92 Å². The van der Waals surface area contributed by atoms with E-state index >= 15 is 0 Å². The number of carbonyl (C=O) groups excluding carboxylic acids is 2. The zero-order valence-electron chi connectivity index (χ0n) is 12.2. The van der Waals surface area contributed by atoms with E-state index in [0.29, 0.717) is 24.2 Å². The average molecular weight is 293 g/mol. The summed E-state index contributed by atoms with van der Waals surface area (Å²) >= 11 is 0. The van der Waals surface area contributed by atoms with Gasteiger partial charge in [0.2, 0.25) is 5.78 Å². The van der Waals surface area contributed by atoms with Crippen LogP contribution >= 0.6 is 0 Å². The molecule has 4 heteroatoms. The van der Waals surface area contributed by atoms with Crippen LogP contribution in [0.25, 0.3) is 0 Å². The van der Waals surface area contributed by atoms with E-state index in [9.17, 15) is 9.59 Å². The minimum Gasteiger partial charge on any atom is -0.469 e. The first-order valence-electron chi connectivity index (χ1n) is 7.04. The molecular weight excluding hydrogens is 278 g/mol. The molecule has 0 fully saturated rings. The number of rotatable bonds is 3. The lowest BCUT2D eigenvalue weighted by atomic mass is 10.0. The summed E-state index contributed by atoms with van der Waals surface area (Å²) in [5, 5.41) is 0. The van der Waals surface area contributed by atoms with E-state index in [1.165, 1.54) is 7.11 Å².